The van der Waals surface area contributed by atoms with Crippen molar-refractivity contribution in [3.05, 3.63) is 29.8 Å². The highest BCUT2D eigenvalue weighted by atomic mass is 16.4. The lowest BCUT2D eigenvalue weighted by Gasteiger charge is -2.06. The molecule has 1 aromatic carbocycles. The molecule has 90 valence electrons. The molecule has 1 rings (SSSR count). The summed E-state index contributed by atoms with van der Waals surface area (Å²) in [6.45, 7) is -0.251. The molecule has 7 nitrogen and oxygen atoms in total. The maximum atomic E-state index is 10.9. The number of nitrogens with zero attached hydrogens (tertiary/aromatic N) is 3. The van der Waals surface area contributed by atoms with Crippen molar-refractivity contribution in [2.45, 2.75) is 0 Å². The highest BCUT2D eigenvalue weighted by Crippen LogP contribution is 2.14. The Morgan fingerprint density at radius 2 is 2.18 bits per heavy atom. The number of nitrogens with two attached hydrogens (primary N) is 1. The van der Waals surface area contributed by atoms with Gasteiger partial charge in [0, 0.05) is 12.6 Å². The fourth-order valence-electron chi connectivity index (χ4n) is 1.08. The minimum atomic E-state index is -1.00. The smallest absolute Gasteiger partial charge is 0.324 e. The van der Waals surface area contributed by atoms with Gasteiger partial charge in [-0.2, -0.15) is 0 Å². The molecule has 17 heavy (non-hydrogen) atoms. The average Bonchev–Trinajstić information content (AvgIpc) is 2.26. The first-order chi connectivity index (χ1) is 7.99. The van der Waals surface area contributed by atoms with E-state index in [0.29, 0.717) is 11.3 Å². The molecular weight excluding hydrogens is 224 g/mol. The van der Waals surface area contributed by atoms with Crippen LogP contribution < -0.4 is 5.73 Å². The van der Waals surface area contributed by atoms with Gasteiger partial charge in [-0.3, -0.25) is 14.6 Å². The lowest BCUT2D eigenvalue weighted by atomic mass is 10.2. The Morgan fingerprint density at radius 3 is 2.76 bits per heavy atom. The summed E-state index contributed by atoms with van der Waals surface area (Å²) < 4.78 is 0. The van der Waals surface area contributed by atoms with Gasteiger partial charge in [0.15, 0.2) is 0 Å². The molecule has 0 atom stereocenters. The zero-order chi connectivity index (χ0) is 12.8. The number of carbonyl (C=O) groups is 2. The molecule has 1 aromatic rings. The van der Waals surface area contributed by atoms with E-state index in [1.807, 2.05) is 0 Å². The van der Waals surface area contributed by atoms with Crippen LogP contribution in [0.2, 0.25) is 0 Å². The zero-order valence-corrected chi connectivity index (χ0v) is 9.20. The van der Waals surface area contributed by atoms with Crippen molar-refractivity contribution in [2.24, 2.45) is 16.1 Å². The van der Waals surface area contributed by atoms with Crippen LogP contribution in [0.3, 0.4) is 0 Å². The molecule has 0 aliphatic heterocycles. The second-order valence-electron chi connectivity index (χ2n) is 3.31. The largest absolute Gasteiger partial charge is 0.480 e. The van der Waals surface area contributed by atoms with Gasteiger partial charge in [0.2, 0.25) is 5.91 Å². The molecule has 3 N–H and O–H groups in total. The normalized spacial score (nSPS) is 10.4. The van der Waals surface area contributed by atoms with Gasteiger partial charge in [0.25, 0.3) is 0 Å². The summed E-state index contributed by atoms with van der Waals surface area (Å²) in [5.41, 5.74) is 5.86. The van der Waals surface area contributed by atoms with E-state index in [1.165, 1.54) is 18.1 Å². The molecule has 0 aliphatic rings. The van der Waals surface area contributed by atoms with Crippen LogP contribution >= 0.6 is 0 Å². The van der Waals surface area contributed by atoms with Crippen LogP contribution in [-0.4, -0.2) is 35.6 Å². The number of hydrogen-bond acceptors (Lipinski definition) is 4. The Bertz CT molecular complexity index is 459. The van der Waals surface area contributed by atoms with Crippen molar-refractivity contribution in [1.82, 2.24) is 5.01 Å². The SMILES string of the molecule is CN(CC(=O)O)/N=N/c1cccc(C(N)=O)c1. The molecule has 0 unspecified atom stereocenters. The van der Waals surface area contributed by atoms with E-state index < -0.39 is 11.9 Å². The first kappa shape index (κ1) is 12.6. The number of amides is 1. The van der Waals surface area contributed by atoms with Crippen LogP contribution in [0.25, 0.3) is 0 Å². The number of carboxylic acid groups (broad SMARTS) is 1. The summed E-state index contributed by atoms with van der Waals surface area (Å²) in [7, 11) is 1.48. The number of aliphatic carboxylic acids is 1. The first-order valence-electron chi connectivity index (χ1n) is 4.73. The van der Waals surface area contributed by atoms with Crippen molar-refractivity contribution in [3.8, 4) is 0 Å². The van der Waals surface area contributed by atoms with E-state index in [-0.39, 0.29) is 6.54 Å². The molecule has 0 radical (unpaired) electrons. The molecule has 0 saturated heterocycles. The van der Waals surface area contributed by atoms with E-state index >= 15 is 0 Å². The minimum Gasteiger partial charge on any atom is -0.480 e. The Morgan fingerprint density at radius 1 is 1.47 bits per heavy atom. The number of likely N-dealkylation sites (N-methyl/N-ethyl adjacent to an activating group) is 1. The number of benzene rings is 1. The molecule has 0 fully saturated rings. The van der Waals surface area contributed by atoms with E-state index in [0.717, 1.165) is 0 Å². The van der Waals surface area contributed by atoms with Crippen LogP contribution in [0.4, 0.5) is 5.69 Å². The van der Waals surface area contributed by atoms with Gasteiger partial charge in [0.05, 0.1) is 5.69 Å². The molecule has 0 aliphatic carbocycles. The van der Waals surface area contributed by atoms with Crippen LogP contribution in [0.5, 0.6) is 0 Å². The van der Waals surface area contributed by atoms with Gasteiger partial charge >= 0.3 is 5.97 Å². The quantitative estimate of drug-likeness (QED) is 0.582. The number of primary amides is 1. The molecule has 0 spiro atoms. The van der Waals surface area contributed by atoms with Gasteiger partial charge < -0.3 is 10.8 Å². The fraction of sp³-hybridized carbons (Fsp3) is 0.200. The predicted molar refractivity (Wildman–Crippen MR) is 59.7 cm³/mol. The van der Waals surface area contributed by atoms with Gasteiger partial charge in [0.1, 0.15) is 6.54 Å². The maximum absolute atomic E-state index is 10.9. The van der Waals surface area contributed by atoms with Crippen molar-refractivity contribution in [2.75, 3.05) is 13.6 Å². The van der Waals surface area contributed by atoms with Crippen molar-refractivity contribution in [3.63, 3.8) is 0 Å². The highest BCUT2D eigenvalue weighted by Gasteiger charge is 2.02. The summed E-state index contributed by atoms with van der Waals surface area (Å²) >= 11 is 0. The highest BCUT2D eigenvalue weighted by molar-refractivity contribution is 5.93. The van der Waals surface area contributed by atoms with Crippen molar-refractivity contribution < 1.29 is 14.7 Å². The molecule has 0 aromatic heterocycles. The van der Waals surface area contributed by atoms with Gasteiger partial charge in [-0.1, -0.05) is 11.3 Å². The standard InChI is InChI=1S/C10H12N4O3/c1-14(6-9(15)16)13-12-8-4-2-3-7(5-8)10(11)17/h2-5H,6H2,1H3,(H2,11,17)(H,15,16)/b13-12+. The number of rotatable bonds is 5. The Balaban J connectivity index is 2.74. The summed E-state index contributed by atoms with van der Waals surface area (Å²) in [4.78, 5) is 21.3. The summed E-state index contributed by atoms with van der Waals surface area (Å²) in [5.74, 6) is -1.56. The maximum Gasteiger partial charge on any atom is 0.324 e. The third-order valence-corrected chi connectivity index (χ3v) is 1.81. The van der Waals surface area contributed by atoms with Crippen LogP contribution in [0, 0.1) is 0 Å². The molecule has 0 saturated carbocycles. The Hall–Kier alpha value is -2.44. The third kappa shape index (κ3) is 4.29. The second-order valence-corrected chi connectivity index (χ2v) is 3.31. The third-order valence-electron chi connectivity index (χ3n) is 1.81. The first-order valence-corrected chi connectivity index (χ1v) is 4.73. The fourth-order valence-corrected chi connectivity index (χ4v) is 1.08. The second kappa shape index (κ2) is 5.59. The summed E-state index contributed by atoms with van der Waals surface area (Å²) in [5, 5.41) is 17.1. The number of carboxylic acids is 1. The minimum absolute atomic E-state index is 0.251. The van der Waals surface area contributed by atoms with E-state index in [2.05, 4.69) is 10.3 Å². The van der Waals surface area contributed by atoms with Crippen molar-refractivity contribution in [1.29, 1.82) is 0 Å². The lowest BCUT2D eigenvalue weighted by Crippen LogP contribution is -2.19. The number of hydrogen-bond donors (Lipinski definition) is 2. The predicted octanol–water partition coefficient (Wildman–Crippen LogP) is 0.801. The molecule has 7 heteroatoms. The lowest BCUT2D eigenvalue weighted by molar-refractivity contribution is -0.138. The summed E-state index contributed by atoms with van der Waals surface area (Å²) in [6, 6.07) is 6.28. The molecule has 0 heterocycles. The molecule has 0 bridgehead atoms. The Labute approximate surface area is 97.5 Å². The van der Waals surface area contributed by atoms with Crippen molar-refractivity contribution >= 4 is 17.6 Å². The van der Waals surface area contributed by atoms with Gasteiger partial charge in [-0.15, -0.1) is 5.11 Å². The summed E-state index contributed by atoms with van der Waals surface area (Å²) in [6.07, 6.45) is 0. The van der Waals surface area contributed by atoms with Gasteiger partial charge in [-0.05, 0) is 18.2 Å². The van der Waals surface area contributed by atoms with Crippen LogP contribution in [0.1, 0.15) is 10.4 Å². The van der Waals surface area contributed by atoms with Gasteiger partial charge in [-0.25, -0.2) is 0 Å². The van der Waals surface area contributed by atoms with E-state index in [9.17, 15) is 9.59 Å². The van der Waals surface area contributed by atoms with Crippen LogP contribution in [-0.2, 0) is 4.79 Å². The van der Waals surface area contributed by atoms with Crippen LogP contribution in [0.15, 0.2) is 34.6 Å². The van der Waals surface area contributed by atoms with E-state index in [1.54, 1.807) is 18.2 Å². The molecule has 1 amide bonds. The van der Waals surface area contributed by atoms with E-state index in [4.69, 9.17) is 10.8 Å². The number of carbonyl (C=O) groups excluding carboxylic acids is 1. The monoisotopic (exact) mass is 236 g/mol. The topological polar surface area (TPSA) is 108 Å². The average molecular weight is 236 g/mol. The zero-order valence-electron chi connectivity index (χ0n) is 9.20. The Kier molecular flexibility index (Phi) is 4.15. The molecular formula is C10H12N4O3.